The van der Waals surface area contributed by atoms with Crippen LogP contribution in [0.25, 0.3) is 0 Å². The largest absolute Gasteiger partial charge is 0.465 e. The summed E-state index contributed by atoms with van der Waals surface area (Å²) in [5.41, 5.74) is 1.27. The van der Waals surface area contributed by atoms with Crippen molar-refractivity contribution in [2.75, 3.05) is 19.6 Å². The first-order valence-corrected chi connectivity index (χ1v) is 9.30. The van der Waals surface area contributed by atoms with Crippen molar-refractivity contribution in [1.82, 2.24) is 20.5 Å². The standard InChI is InChI=1S/C19H26N4O4/c1-12-4-3-5-15(22-18(26)27)16-8-14(6-7-20-16)19(9-21-17(12)25)10-23(11-19)13(2)24/h6-8,12,15,22H,3-5,9-11H2,1-2H3,(H,21,25)(H,26,27)/t12-,15+/m1/s1. The molecule has 2 atom stereocenters. The molecule has 3 rings (SSSR count). The van der Waals surface area contributed by atoms with Gasteiger partial charge < -0.3 is 20.6 Å². The molecule has 1 spiro atoms. The van der Waals surface area contributed by atoms with Crippen LogP contribution in [0.4, 0.5) is 4.79 Å². The molecule has 0 aromatic carbocycles. The molecule has 8 nitrogen and oxygen atoms in total. The number of amides is 3. The van der Waals surface area contributed by atoms with Crippen LogP contribution >= 0.6 is 0 Å². The van der Waals surface area contributed by atoms with E-state index in [1.807, 2.05) is 19.1 Å². The van der Waals surface area contributed by atoms with Crippen LogP contribution in [0.3, 0.4) is 0 Å². The van der Waals surface area contributed by atoms with Crippen molar-refractivity contribution < 1.29 is 19.5 Å². The molecule has 1 aromatic rings. The van der Waals surface area contributed by atoms with Crippen molar-refractivity contribution in [3.05, 3.63) is 29.6 Å². The summed E-state index contributed by atoms with van der Waals surface area (Å²) in [6.07, 6.45) is 2.55. The highest BCUT2D eigenvalue weighted by Crippen LogP contribution is 2.36. The van der Waals surface area contributed by atoms with E-state index < -0.39 is 12.1 Å². The van der Waals surface area contributed by atoms with Gasteiger partial charge in [-0.2, -0.15) is 0 Å². The SMILES string of the molecule is CC(=O)N1CC2(CNC(=O)[C@H](C)CCC[C@H](NC(=O)O)c3cc2ccn3)C1. The van der Waals surface area contributed by atoms with Gasteiger partial charge in [-0.3, -0.25) is 14.6 Å². The van der Waals surface area contributed by atoms with Crippen molar-refractivity contribution in [2.45, 2.75) is 44.6 Å². The molecule has 3 heterocycles. The van der Waals surface area contributed by atoms with Crippen LogP contribution in [0.5, 0.6) is 0 Å². The Bertz CT molecular complexity index is 745. The Morgan fingerprint density at radius 2 is 2.11 bits per heavy atom. The second kappa shape index (κ2) is 7.54. The van der Waals surface area contributed by atoms with E-state index in [9.17, 15) is 19.5 Å². The van der Waals surface area contributed by atoms with E-state index >= 15 is 0 Å². The predicted molar refractivity (Wildman–Crippen MR) is 98.1 cm³/mol. The van der Waals surface area contributed by atoms with Crippen LogP contribution in [-0.4, -0.2) is 52.5 Å². The highest BCUT2D eigenvalue weighted by Gasteiger charge is 2.46. The first-order chi connectivity index (χ1) is 12.8. The fourth-order valence-corrected chi connectivity index (χ4v) is 3.91. The van der Waals surface area contributed by atoms with E-state index in [0.717, 1.165) is 5.56 Å². The zero-order chi connectivity index (χ0) is 19.6. The maximum Gasteiger partial charge on any atom is 0.405 e. The molecule has 0 radical (unpaired) electrons. The molecule has 1 saturated heterocycles. The number of pyridine rings is 1. The number of aromatic nitrogens is 1. The Labute approximate surface area is 158 Å². The molecule has 2 aliphatic rings. The van der Waals surface area contributed by atoms with Gasteiger partial charge in [0.15, 0.2) is 0 Å². The van der Waals surface area contributed by atoms with Crippen molar-refractivity contribution in [3.8, 4) is 0 Å². The van der Waals surface area contributed by atoms with Gasteiger partial charge in [0.25, 0.3) is 0 Å². The van der Waals surface area contributed by atoms with Gasteiger partial charge in [-0.15, -0.1) is 0 Å². The maximum atomic E-state index is 12.4. The van der Waals surface area contributed by atoms with Crippen LogP contribution in [-0.2, 0) is 15.0 Å². The smallest absolute Gasteiger partial charge is 0.405 e. The molecule has 27 heavy (non-hydrogen) atoms. The van der Waals surface area contributed by atoms with Gasteiger partial charge in [0.05, 0.1) is 11.7 Å². The highest BCUT2D eigenvalue weighted by atomic mass is 16.4. The van der Waals surface area contributed by atoms with Crippen LogP contribution in [0.15, 0.2) is 18.3 Å². The van der Waals surface area contributed by atoms with Crippen LogP contribution in [0, 0.1) is 5.92 Å². The van der Waals surface area contributed by atoms with E-state index in [-0.39, 0.29) is 23.1 Å². The third-order valence-electron chi connectivity index (χ3n) is 5.66. The van der Waals surface area contributed by atoms with Crippen LogP contribution in [0.1, 0.15) is 50.4 Å². The van der Waals surface area contributed by atoms with Gasteiger partial charge in [0, 0.05) is 44.1 Å². The van der Waals surface area contributed by atoms with Crippen molar-refractivity contribution in [1.29, 1.82) is 0 Å². The number of fused-ring (bicyclic) bond motifs is 3. The number of likely N-dealkylation sites (tertiary alicyclic amines) is 1. The third kappa shape index (κ3) is 4.04. The average molecular weight is 374 g/mol. The Hall–Kier alpha value is -2.64. The quantitative estimate of drug-likeness (QED) is 0.688. The van der Waals surface area contributed by atoms with Gasteiger partial charge in [0.2, 0.25) is 11.8 Å². The first kappa shape index (κ1) is 19.1. The lowest BCUT2D eigenvalue weighted by Gasteiger charge is -2.50. The predicted octanol–water partition coefficient (Wildman–Crippen LogP) is 1.43. The molecule has 2 aliphatic heterocycles. The van der Waals surface area contributed by atoms with E-state index in [1.165, 1.54) is 6.92 Å². The van der Waals surface area contributed by atoms with Gasteiger partial charge in [-0.25, -0.2) is 4.79 Å². The molecule has 0 aliphatic carbocycles. The first-order valence-electron chi connectivity index (χ1n) is 9.30. The van der Waals surface area contributed by atoms with Gasteiger partial charge in [-0.1, -0.05) is 13.3 Å². The number of carbonyl (C=O) groups excluding carboxylic acids is 2. The summed E-state index contributed by atoms with van der Waals surface area (Å²) in [7, 11) is 0. The fraction of sp³-hybridized carbons (Fsp3) is 0.579. The van der Waals surface area contributed by atoms with Crippen LogP contribution in [0.2, 0.25) is 0 Å². The fourth-order valence-electron chi connectivity index (χ4n) is 3.91. The molecule has 146 valence electrons. The molecule has 1 fully saturated rings. The molecule has 2 bridgehead atoms. The monoisotopic (exact) mass is 374 g/mol. The molecule has 0 saturated carbocycles. The normalized spacial score (nSPS) is 24.8. The summed E-state index contributed by atoms with van der Waals surface area (Å²) >= 11 is 0. The number of hydrogen-bond donors (Lipinski definition) is 3. The molecule has 3 amide bonds. The summed E-state index contributed by atoms with van der Waals surface area (Å²) in [6.45, 7) is 4.91. The molecule has 3 N–H and O–H groups in total. The minimum Gasteiger partial charge on any atom is -0.465 e. The Kier molecular flexibility index (Phi) is 5.34. The number of hydrogen-bond acceptors (Lipinski definition) is 4. The number of rotatable bonds is 1. The average Bonchev–Trinajstić information content (AvgIpc) is 2.58. The van der Waals surface area contributed by atoms with Crippen molar-refractivity contribution in [2.24, 2.45) is 5.92 Å². The number of nitrogens with zero attached hydrogens (tertiary/aromatic N) is 2. The Morgan fingerprint density at radius 1 is 1.37 bits per heavy atom. The van der Waals surface area contributed by atoms with Crippen LogP contribution < -0.4 is 10.6 Å². The van der Waals surface area contributed by atoms with E-state index in [0.29, 0.717) is 44.6 Å². The number of carbonyl (C=O) groups is 3. The second-order valence-corrected chi connectivity index (χ2v) is 7.68. The Balaban J connectivity index is 1.95. The highest BCUT2D eigenvalue weighted by molar-refractivity contribution is 5.79. The maximum absolute atomic E-state index is 12.4. The lowest BCUT2D eigenvalue weighted by atomic mass is 9.73. The van der Waals surface area contributed by atoms with Gasteiger partial charge in [0.1, 0.15) is 0 Å². The minimum absolute atomic E-state index is 0.00568. The molecule has 0 unspecified atom stereocenters. The number of nitrogens with one attached hydrogen (secondary N) is 2. The summed E-state index contributed by atoms with van der Waals surface area (Å²) in [5.74, 6) is -0.151. The summed E-state index contributed by atoms with van der Waals surface area (Å²) < 4.78 is 0. The zero-order valence-electron chi connectivity index (χ0n) is 15.7. The summed E-state index contributed by atoms with van der Waals surface area (Å²) in [6, 6.07) is 3.38. The topological polar surface area (TPSA) is 112 Å². The van der Waals surface area contributed by atoms with E-state index in [2.05, 4.69) is 15.6 Å². The van der Waals surface area contributed by atoms with E-state index in [4.69, 9.17) is 0 Å². The molecular weight excluding hydrogens is 348 g/mol. The van der Waals surface area contributed by atoms with E-state index in [1.54, 1.807) is 11.1 Å². The summed E-state index contributed by atoms with van der Waals surface area (Å²) in [5, 5.41) is 14.8. The zero-order valence-corrected chi connectivity index (χ0v) is 15.7. The molecular formula is C19H26N4O4. The van der Waals surface area contributed by atoms with Crippen molar-refractivity contribution >= 4 is 17.9 Å². The Morgan fingerprint density at radius 3 is 2.78 bits per heavy atom. The van der Waals surface area contributed by atoms with Gasteiger partial charge >= 0.3 is 6.09 Å². The van der Waals surface area contributed by atoms with Gasteiger partial charge in [-0.05, 0) is 30.5 Å². The second-order valence-electron chi connectivity index (χ2n) is 7.68. The van der Waals surface area contributed by atoms with Crippen molar-refractivity contribution in [3.63, 3.8) is 0 Å². The third-order valence-corrected chi connectivity index (χ3v) is 5.66. The lowest BCUT2D eigenvalue weighted by Crippen LogP contribution is -2.65. The number of carboxylic acid groups (broad SMARTS) is 1. The molecule has 8 heteroatoms. The summed E-state index contributed by atoms with van der Waals surface area (Å²) in [4.78, 5) is 41.5. The molecule has 1 aromatic heterocycles. The minimum atomic E-state index is -1.09. The lowest BCUT2D eigenvalue weighted by molar-refractivity contribution is -0.136.